The van der Waals surface area contributed by atoms with Crippen LogP contribution in [0.2, 0.25) is 0 Å². The molecule has 1 aliphatic rings. The van der Waals surface area contributed by atoms with Gasteiger partial charge in [-0.25, -0.2) is 18.5 Å². The van der Waals surface area contributed by atoms with Crippen molar-refractivity contribution in [2.24, 2.45) is 11.1 Å². The lowest BCUT2D eigenvalue weighted by molar-refractivity contribution is -0.117. The molecular weight excluding hydrogens is 256 g/mol. The van der Waals surface area contributed by atoms with Crippen LogP contribution in [0.4, 0.5) is 5.82 Å². The van der Waals surface area contributed by atoms with Crippen molar-refractivity contribution in [2.75, 3.05) is 17.2 Å². The van der Waals surface area contributed by atoms with Crippen molar-refractivity contribution in [3.8, 4) is 0 Å². The molecule has 1 saturated heterocycles. The number of sulfonamides is 1. The summed E-state index contributed by atoms with van der Waals surface area (Å²) in [6, 6.07) is 0. The number of hydrogen-bond donors (Lipinski definition) is 1. The van der Waals surface area contributed by atoms with E-state index in [1.54, 1.807) is 13.1 Å². The largest absolute Gasteiger partial charge is 0.295 e. The minimum Gasteiger partial charge on any atom is -0.295 e. The number of nitrogens with two attached hydrogens (primary N) is 1. The maximum atomic E-state index is 11.8. The molecule has 7 nitrogen and oxygen atoms in total. The van der Waals surface area contributed by atoms with Gasteiger partial charge in [-0.1, -0.05) is 0 Å². The van der Waals surface area contributed by atoms with Crippen molar-refractivity contribution >= 4 is 21.7 Å². The van der Waals surface area contributed by atoms with Gasteiger partial charge in [0, 0.05) is 25.1 Å². The fourth-order valence-corrected chi connectivity index (χ4v) is 2.90. The highest BCUT2D eigenvalue weighted by Crippen LogP contribution is 2.23. The molecule has 0 aliphatic carbocycles. The summed E-state index contributed by atoms with van der Waals surface area (Å²) in [5.41, 5.74) is 0.704. The third-order valence-corrected chi connectivity index (χ3v) is 3.63. The van der Waals surface area contributed by atoms with E-state index in [2.05, 4.69) is 9.97 Å². The van der Waals surface area contributed by atoms with Gasteiger partial charge in [0.1, 0.15) is 0 Å². The van der Waals surface area contributed by atoms with Gasteiger partial charge in [-0.2, -0.15) is 0 Å². The van der Waals surface area contributed by atoms with Crippen molar-refractivity contribution in [2.45, 2.75) is 13.3 Å². The molecular formula is C10H14N4O3S. The molecule has 8 heteroatoms. The van der Waals surface area contributed by atoms with Crippen molar-refractivity contribution in [3.63, 3.8) is 0 Å². The van der Waals surface area contributed by atoms with E-state index in [9.17, 15) is 13.2 Å². The van der Waals surface area contributed by atoms with Crippen LogP contribution in [0.5, 0.6) is 0 Å². The molecule has 1 atom stereocenters. The van der Waals surface area contributed by atoms with Gasteiger partial charge >= 0.3 is 0 Å². The number of carbonyl (C=O) groups is 1. The Kier molecular flexibility index (Phi) is 3.31. The molecule has 0 saturated carbocycles. The Morgan fingerprint density at radius 3 is 2.83 bits per heavy atom. The molecule has 1 aromatic heterocycles. The minimum atomic E-state index is -3.56. The SMILES string of the molecule is Cc1cncc(N2CC(CS(N)(=O)=O)CC2=O)n1. The lowest BCUT2D eigenvalue weighted by Crippen LogP contribution is -2.28. The molecule has 0 radical (unpaired) electrons. The third-order valence-electron chi connectivity index (χ3n) is 2.69. The zero-order valence-corrected chi connectivity index (χ0v) is 10.7. The van der Waals surface area contributed by atoms with Gasteiger partial charge in [-0.3, -0.25) is 14.7 Å². The summed E-state index contributed by atoms with van der Waals surface area (Å²) in [7, 11) is -3.56. The molecule has 0 bridgehead atoms. The van der Waals surface area contributed by atoms with E-state index in [-0.39, 0.29) is 24.0 Å². The summed E-state index contributed by atoms with van der Waals surface area (Å²) >= 11 is 0. The van der Waals surface area contributed by atoms with Crippen LogP contribution < -0.4 is 10.0 Å². The fraction of sp³-hybridized carbons (Fsp3) is 0.500. The Morgan fingerprint density at radius 2 is 2.22 bits per heavy atom. The van der Waals surface area contributed by atoms with E-state index in [0.717, 1.165) is 0 Å². The van der Waals surface area contributed by atoms with Crippen LogP contribution in [-0.4, -0.2) is 36.6 Å². The van der Waals surface area contributed by atoms with E-state index in [4.69, 9.17) is 5.14 Å². The maximum absolute atomic E-state index is 11.8. The highest BCUT2D eigenvalue weighted by molar-refractivity contribution is 7.89. The fourth-order valence-electron chi connectivity index (χ4n) is 2.02. The van der Waals surface area contributed by atoms with Crippen LogP contribution in [0.25, 0.3) is 0 Å². The Balaban J connectivity index is 2.15. The second-order valence-corrected chi connectivity index (χ2v) is 6.08. The number of nitrogens with zero attached hydrogens (tertiary/aromatic N) is 3. The smallest absolute Gasteiger partial charge is 0.228 e. The normalized spacial score (nSPS) is 20.4. The molecule has 1 fully saturated rings. The maximum Gasteiger partial charge on any atom is 0.228 e. The minimum absolute atomic E-state index is 0.149. The third kappa shape index (κ3) is 3.02. The van der Waals surface area contributed by atoms with Crippen LogP contribution in [0.1, 0.15) is 12.1 Å². The number of primary sulfonamides is 1. The second kappa shape index (κ2) is 4.62. The summed E-state index contributed by atoms with van der Waals surface area (Å²) in [4.78, 5) is 21.4. The average molecular weight is 270 g/mol. The summed E-state index contributed by atoms with van der Waals surface area (Å²) in [6.45, 7) is 2.09. The molecule has 1 aromatic rings. The first-order valence-corrected chi connectivity index (χ1v) is 7.16. The van der Waals surface area contributed by atoms with Gasteiger partial charge in [0.15, 0.2) is 5.82 Å². The molecule has 2 N–H and O–H groups in total. The van der Waals surface area contributed by atoms with Crippen LogP contribution in [0, 0.1) is 12.8 Å². The topological polar surface area (TPSA) is 106 Å². The summed E-state index contributed by atoms with van der Waals surface area (Å²) < 4.78 is 22.0. The Hall–Kier alpha value is -1.54. The predicted octanol–water partition coefficient (Wildman–Crippen LogP) is -0.574. The van der Waals surface area contributed by atoms with E-state index in [0.29, 0.717) is 18.1 Å². The van der Waals surface area contributed by atoms with Crippen molar-refractivity contribution in [1.82, 2.24) is 9.97 Å². The number of aromatic nitrogens is 2. The first-order valence-electron chi connectivity index (χ1n) is 5.44. The lowest BCUT2D eigenvalue weighted by atomic mass is 10.1. The Morgan fingerprint density at radius 1 is 1.50 bits per heavy atom. The van der Waals surface area contributed by atoms with E-state index < -0.39 is 10.0 Å². The molecule has 0 spiro atoms. The summed E-state index contributed by atoms with van der Waals surface area (Å²) in [6.07, 6.45) is 3.25. The highest BCUT2D eigenvalue weighted by atomic mass is 32.2. The molecule has 0 aromatic carbocycles. The average Bonchev–Trinajstić information content (AvgIpc) is 2.56. The molecule has 1 aliphatic heterocycles. The van der Waals surface area contributed by atoms with E-state index in [1.807, 2.05) is 0 Å². The number of rotatable bonds is 3. The number of anilines is 1. The summed E-state index contributed by atoms with van der Waals surface area (Å²) in [5, 5.41) is 4.98. The first kappa shape index (κ1) is 12.9. The van der Waals surface area contributed by atoms with Gasteiger partial charge < -0.3 is 0 Å². The van der Waals surface area contributed by atoms with Crippen LogP contribution >= 0.6 is 0 Å². The molecule has 1 amide bonds. The van der Waals surface area contributed by atoms with Gasteiger partial charge in [-0.15, -0.1) is 0 Å². The standard InChI is InChI=1S/C10H14N4O3S/c1-7-3-12-4-9(13-7)14-5-8(2-10(14)15)6-18(11,16)17/h3-4,8H,2,5-6H2,1H3,(H2,11,16,17). The second-order valence-electron chi connectivity index (χ2n) is 4.42. The number of amides is 1. The van der Waals surface area contributed by atoms with Crippen molar-refractivity contribution in [1.29, 1.82) is 0 Å². The van der Waals surface area contributed by atoms with Gasteiger partial charge in [0.25, 0.3) is 0 Å². The van der Waals surface area contributed by atoms with Crippen molar-refractivity contribution in [3.05, 3.63) is 18.1 Å². The molecule has 1 unspecified atom stereocenters. The Labute approximate surface area is 105 Å². The van der Waals surface area contributed by atoms with Crippen LogP contribution in [0.15, 0.2) is 12.4 Å². The van der Waals surface area contributed by atoms with Gasteiger partial charge in [-0.05, 0) is 6.92 Å². The number of carbonyl (C=O) groups excluding carboxylic acids is 1. The van der Waals surface area contributed by atoms with Gasteiger partial charge in [0.05, 0.1) is 17.6 Å². The molecule has 98 valence electrons. The van der Waals surface area contributed by atoms with Crippen LogP contribution in [0.3, 0.4) is 0 Å². The number of hydrogen-bond acceptors (Lipinski definition) is 5. The number of aryl methyl sites for hydroxylation is 1. The summed E-state index contributed by atoms with van der Waals surface area (Å²) in [5.74, 6) is -0.163. The highest BCUT2D eigenvalue weighted by Gasteiger charge is 2.33. The lowest BCUT2D eigenvalue weighted by Gasteiger charge is -2.15. The van der Waals surface area contributed by atoms with Gasteiger partial charge in [0.2, 0.25) is 15.9 Å². The molecule has 2 rings (SSSR count). The predicted molar refractivity (Wildman–Crippen MR) is 65.2 cm³/mol. The monoisotopic (exact) mass is 270 g/mol. The van der Waals surface area contributed by atoms with Crippen molar-refractivity contribution < 1.29 is 13.2 Å². The Bertz CT molecular complexity index is 572. The first-order chi connectivity index (χ1) is 8.35. The van der Waals surface area contributed by atoms with E-state index >= 15 is 0 Å². The zero-order valence-electron chi connectivity index (χ0n) is 9.91. The van der Waals surface area contributed by atoms with Crippen LogP contribution in [-0.2, 0) is 14.8 Å². The quantitative estimate of drug-likeness (QED) is 0.791. The van der Waals surface area contributed by atoms with E-state index in [1.165, 1.54) is 11.1 Å². The molecule has 2 heterocycles. The zero-order chi connectivity index (χ0) is 13.3. The molecule has 18 heavy (non-hydrogen) atoms.